The van der Waals surface area contributed by atoms with Crippen molar-refractivity contribution in [2.24, 2.45) is 0 Å². The van der Waals surface area contributed by atoms with Gasteiger partial charge in [-0.2, -0.15) is 0 Å². The van der Waals surface area contributed by atoms with Crippen molar-refractivity contribution < 1.29 is 4.74 Å². The molecule has 0 amide bonds. The van der Waals surface area contributed by atoms with Gasteiger partial charge >= 0.3 is 0 Å². The number of aryl methyl sites for hydroxylation is 2. The van der Waals surface area contributed by atoms with E-state index >= 15 is 0 Å². The van der Waals surface area contributed by atoms with Crippen molar-refractivity contribution in [1.82, 2.24) is 14.5 Å². The largest absolute Gasteiger partial charge is 0.385 e. The van der Waals surface area contributed by atoms with Crippen LogP contribution in [0.3, 0.4) is 0 Å². The molecule has 0 saturated carbocycles. The maximum atomic E-state index is 13.6. The summed E-state index contributed by atoms with van der Waals surface area (Å²) in [5.74, 6) is 0.716. The average molecular weight is 419 g/mol. The summed E-state index contributed by atoms with van der Waals surface area (Å²) in [7, 11) is 1.72. The molecule has 0 atom stereocenters. The minimum absolute atomic E-state index is 0.0421. The number of benzene rings is 2. The number of hydrogen-bond acceptors (Lipinski definition) is 5. The Balaban J connectivity index is 1.75. The lowest BCUT2D eigenvalue weighted by molar-refractivity contribution is 0.150. The Hall–Kier alpha value is -2.96. The van der Waals surface area contributed by atoms with E-state index in [9.17, 15) is 4.79 Å². The average Bonchev–Trinajstić information content (AvgIpc) is 2.77. The Bertz CT molecular complexity index is 1090. The Morgan fingerprint density at radius 2 is 1.84 bits per heavy atom. The van der Waals surface area contributed by atoms with Gasteiger partial charge in [-0.15, -0.1) is 0 Å². The first-order chi connectivity index (χ1) is 15.1. The van der Waals surface area contributed by atoms with Gasteiger partial charge in [0.1, 0.15) is 0 Å². The van der Waals surface area contributed by atoms with E-state index in [2.05, 4.69) is 47.1 Å². The number of nitrogens with zero attached hydrogens (tertiary/aromatic N) is 4. The Kier molecular flexibility index (Phi) is 6.49. The van der Waals surface area contributed by atoms with Crippen LogP contribution in [0.2, 0.25) is 0 Å². The van der Waals surface area contributed by atoms with Crippen molar-refractivity contribution in [1.29, 1.82) is 0 Å². The van der Waals surface area contributed by atoms with E-state index in [1.807, 2.05) is 35.8 Å². The van der Waals surface area contributed by atoms with Gasteiger partial charge in [-0.05, 0) is 43.5 Å². The van der Waals surface area contributed by atoms with E-state index in [-0.39, 0.29) is 5.56 Å². The molecule has 162 valence electrons. The highest BCUT2D eigenvalue weighted by Gasteiger charge is 2.27. The zero-order valence-electron chi connectivity index (χ0n) is 18.5. The van der Waals surface area contributed by atoms with Gasteiger partial charge < -0.3 is 4.74 Å². The second kappa shape index (κ2) is 9.45. The highest BCUT2D eigenvalue weighted by Crippen LogP contribution is 2.28. The van der Waals surface area contributed by atoms with Crippen LogP contribution in [-0.2, 0) is 17.8 Å². The van der Waals surface area contributed by atoms with Crippen molar-refractivity contribution in [3.63, 3.8) is 0 Å². The smallest absolute Gasteiger partial charge is 0.259 e. The predicted octanol–water partition coefficient (Wildman–Crippen LogP) is 3.86. The SMILES string of the molecule is COCCCN1CN(c2cccc(C)c2)c2nc(C)c(Cc3ccccc3)c(=O)n2C1. The molecule has 0 unspecified atom stereocenters. The zero-order chi connectivity index (χ0) is 21.8. The molecule has 2 heterocycles. The van der Waals surface area contributed by atoms with E-state index in [0.717, 1.165) is 35.5 Å². The summed E-state index contributed by atoms with van der Waals surface area (Å²) in [6, 6.07) is 18.5. The topological polar surface area (TPSA) is 50.6 Å². The molecular formula is C25H30N4O2. The first kappa shape index (κ1) is 21.3. The lowest BCUT2D eigenvalue weighted by Crippen LogP contribution is -2.48. The van der Waals surface area contributed by atoms with Gasteiger partial charge in [-0.25, -0.2) is 4.98 Å². The summed E-state index contributed by atoms with van der Waals surface area (Å²) in [5, 5.41) is 0. The van der Waals surface area contributed by atoms with Crippen molar-refractivity contribution in [3.8, 4) is 0 Å². The lowest BCUT2D eigenvalue weighted by atomic mass is 10.1. The van der Waals surface area contributed by atoms with Gasteiger partial charge in [0, 0.05) is 37.9 Å². The summed E-state index contributed by atoms with van der Waals surface area (Å²) in [4.78, 5) is 22.9. The zero-order valence-corrected chi connectivity index (χ0v) is 18.5. The molecule has 1 aromatic heterocycles. The van der Waals surface area contributed by atoms with Crippen LogP contribution in [-0.4, -0.2) is 41.4 Å². The molecule has 6 nitrogen and oxygen atoms in total. The van der Waals surface area contributed by atoms with Gasteiger partial charge in [-0.1, -0.05) is 42.5 Å². The summed E-state index contributed by atoms with van der Waals surface area (Å²) < 4.78 is 7.06. The molecule has 31 heavy (non-hydrogen) atoms. The molecule has 1 aliphatic heterocycles. The molecule has 6 heteroatoms. The van der Waals surface area contributed by atoms with Crippen LogP contribution in [0.5, 0.6) is 0 Å². The molecule has 4 rings (SSSR count). The quantitative estimate of drug-likeness (QED) is 0.546. The third-order valence-corrected chi connectivity index (χ3v) is 5.73. The summed E-state index contributed by atoms with van der Waals surface area (Å²) in [6.07, 6.45) is 1.51. The molecule has 3 aromatic rings. The van der Waals surface area contributed by atoms with E-state index in [0.29, 0.717) is 32.3 Å². The second-order valence-corrected chi connectivity index (χ2v) is 8.16. The lowest BCUT2D eigenvalue weighted by Gasteiger charge is -2.38. The third kappa shape index (κ3) is 4.70. The predicted molar refractivity (Wildman–Crippen MR) is 124 cm³/mol. The summed E-state index contributed by atoms with van der Waals surface area (Å²) >= 11 is 0. The summed E-state index contributed by atoms with van der Waals surface area (Å²) in [5.41, 5.74) is 4.95. The minimum Gasteiger partial charge on any atom is -0.385 e. The van der Waals surface area contributed by atoms with Crippen LogP contribution in [0, 0.1) is 13.8 Å². The number of ether oxygens (including phenoxy) is 1. The third-order valence-electron chi connectivity index (χ3n) is 5.73. The fraction of sp³-hybridized carbons (Fsp3) is 0.360. The van der Waals surface area contributed by atoms with Gasteiger partial charge in [0.25, 0.3) is 5.56 Å². The minimum atomic E-state index is 0.0421. The molecule has 0 aliphatic carbocycles. The van der Waals surface area contributed by atoms with E-state index in [4.69, 9.17) is 9.72 Å². The molecule has 2 aromatic carbocycles. The molecule has 0 N–H and O–H groups in total. The van der Waals surface area contributed by atoms with Gasteiger partial charge in [0.15, 0.2) is 0 Å². The monoisotopic (exact) mass is 418 g/mol. The number of fused-ring (bicyclic) bond motifs is 1. The number of methoxy groups -OCH3 is 1. The first-order valence-corrected chi connectivity index (χ1v) is 10.8. The Labute approximate surface area is 183 Å². The number of hydrogen-bond donors (Lipinski definition) is 0. The van der Waals surface area contributed by atoms with Crippen LogP contribution in [0.1, 0.15) is 28.8 Å². The maximum Gasteiger partial charge on any atom is 0.259 e. The number of anilines is 2. The van der Waals surface area contributed by atoms with Crippen LogP contribution in [0.4, 0.5) is 11.6 Å². The Morgan fingerprint density at radius 3 is 2.58 bits per heavy atom. The van der Waals surface area contributed by atoms with E-state index in [1.165, 1.54) is 5.56 Å². The van der Waals surface area contributed by atoms with Crippen molar-refractivity contribution in [2.75, 3.05) is 31.8 Å². The molecule has 0 fully saturated rings. The fourth-order valence-electron chi connectivity index (χ4n) is 4.10. The molecule has 1 aliphatic rings. The number of rotatable bonds is 7. The highest BCUT2D eigenvalue weighted by atomic mass is 16.5. The van der Waals surface area contributed by atoms with Gasteiger partial charge in [-0.3, -0.25) is 19.2 Å². The van der Waals surface area contributed by atoms with Crippen molar-refractivity contribution in [3.05, 3.63) is 87.3 Å². The second-order valence-electron chi connectivity index (χ2n) is 8.16. The van der Waals surface area contributed by atoms with Crippen LogP contribution in [0.25, 0.3) is 0 Å². The van der Waals surface area contributed by atoms with E-state index < -0.39 is 0 Å². The van der Waals surface area contributed by atoms with E-state index in [1.54, 1.807) is 7.11 Å². The highest BCUT2D eigenvalue weighted by molar-refractivity contribution is 5.59. The molecule has 0 saturated heterocycles. The van der Waals surface area contributed by atoms with Crippen molar-refractivity contribution >= 4 is 11.6 Å². The maximum absolute atomic E-state index is 13.6. The van der Waals surface area contributed by atoms with Gasteiger partial charge in [0.05, 0.1) is 19.0 Å². The standard InChI is InChI=1S/C25H30N4O2/c1-19-9-7-12-22(15-19)28-17-27(13-8-14-31-3)18-29-24(30)23(20(2)26-25(28)29)16-21-10-5-4-6-11-21/h4-7,9-12,15H,8,13-14,16-18H2,1-3H3. The fourth-order valence-corrected chi connectivity index (χ4v) is 4.10. The van der Waals surface area contributed by atoms with Gasteiger partial charge in [0.2, 0.25) is 5.95 Å². The normalized spacial score (nSPS) is 14.0. The molecule has 0 radical (unpaired) electrons. The number of aromatic nitrogens is 2. The first-order valence-electron chi connectivity index (χ1n) is 10.8. The molecule has 0 spiro atoms. The van der Waals surface area contributed by atoms with Crippen LogP contribution >= 0.6 is 0 Å². The molecular weight excluding hydrogens is 388 g/mol. The van der Waals surface area contributed by atoms with Crippen LogP contribution in [0.15, 0.2) is 59.4 Å². The summed E-state index contributed by atoms with van der Waals surface area (Å²) in [6.45, 7) is 6.81. The Morgan fingerprint density at radius 1 is 1.03 bits per heavy atom. The van der Waals surface area contributed by atoms with Crippen LogP contribution < -0.4 is 10.5 Å². The van der Waals surface area contributed by atoms with Crippen molar-refractivity contribution in [2.45, 2.75) is 33.4 Å². The molecule has 0 bridgehead atoms.